The Morgan fingerprint density at radius 1 is 0.789 bits per heavy atom. The summed E-state index contributed by atoms with van der Waals surface area (Å²) >= 11 is 0. The van der Waals surface area contributed by atoms with Crippen molar-refractivity contribution in [1.29, 1.82) is 0 Å². The summed E-state index contributed by atoms with van der Waals surface area (Å²) in [7, 11) is 3.23. The van der Waals surface area contributed by atoms with Crippen LogP contribution >= 0.6 is 0 Å². The molecule has 0 radical (unpaired) electrons. The highest BCUT2D eigenvalue weighted by atomic mass is 16.5. The van der Waals surface area contributed by atoms with Crippen molar-refractivity contribution in [2.75, 3.05) is 73.6 Å². The van der Waals surface area contributed by atoms with Gasteiger partial charge in [-0.25, -0.2) is 9.59 Å². The second-order valence-corrected chi connectivity index (χ2v) is 17.1. The lowest BCUT2D eigenvalue weighted by molar-refractivity contribution is -0.139. The van der Waals surface area contributed by atoms with Crippen molar-refractivity contribution in [1.82, 2.24) is 20.4 Å². The van der Waals surface area contributed by atoms with Crippen molar-refractivity contribution in [3.63, 3.8) is 0 Å². The lowest BCUT2D eigenvalue weighted by Crippen LogP contribution is -2.41. The van der Waals surface area contributed by atoms with Crippen LogP contribution in [0.2, 0.25) is 0 Å². The van der Waals surface area contributed by atoms with Crippen LogP contribution in [-0.4, -0.2) is 126 Å². The number of carboxylic acids is 1. The van der Waals surface area contributed by atoms with Crippen LogP contribution in [-0.2, 0) is 33.3 Å². The molecule has 4 aromatic rings. The number of fused-ring (bicyclic) bond motifs is 3. The Bertz CT molecular complexity index is 2700. The number of carbonyl (C=O) groups is 4. The molecule has 0 fully saturated rings. The number of carboxylic acid groups (broad SMARTS) is 1. The van der Waals surface area contributed by atoms with Gasteiger partial charge in [0.05, 0.1) is 38.7 Å². The fraction of sp³-hybridized carbons (Fsp3) is 0.364. The van der Waals surface area contributed by atoms with E-state index in [9.17, 15) is 24.3 Å². The quantitative estimate of drug-likeness (QED) is 0.0361. The van der Waals surface area contributed by atoms with Gasteiger partial charge in [-0.15, -0.1) is 11.6 Å². The minimum atomic E-state index is -1.18. The number of benzene rings is 3. The molecule has 2 heterocycles. The minimum Gasteiger partial charge on any atom is -0.480 e. The van der Waals surface area contributed by atoms with Gasteiger partial charge in [0.1, 0.15) is 25.9 Å². The van der Waals surface area contributed by atoms with E-state index in [1.807, 2.05) is 94.4 Å². The minimum absolute atomic E-state index is 0.0653. The van der Waals surface area contributed by atoms with Crippen LogP contribution in [0.25, 0.3) is 16.7 Å². The van der Waals surface area contributed by atoms with E-state index >= 15 is 0 Å². The smallest absolute Gasteiger partial charge is 0.433 e. The first-order valence-electron chi connectivity index (χ1n) is 23.7. The van der Waals surface area contributed by atoms with Crippen LogP contribution in [0, 0.1) is 37.3 Å². The number of aliphatic carboxylic acids is 1. The van der Waals surface area contributed by atoms with Gasteiger partial charge in [-0.2, -0.15) is 0 Å². The summed E-state index contributed by atoms with van der Waals surface area (Å²) in [6.07, 6.45) is 2.20. The highest BCUT2D eigenvalue weighted by Gasteiger charge is 2.30. The maximum atomic E-state index is 13.3. The fourth-order valence-corrected chi connectivity index (χ4v) is 8.61. The molecule has 2 aliphatic rings. The Labute approximate surface area is 416 Å². The van der Waals surface area contributed by atoms with Crippen molar-refractivity contribution in [2.24, 2.45) is 4.99 Å². The first kappa shape index (κ1) is 53.2. The highest BCUT2D eigenvalue weighted by molar-refractivity contribution is 6.74. The third-order valence-electron chi connectivity index (χ3n) is 11.9. The number of aliphatic imine (C=N–C) groups is 1. The summed E-state index contributed by atoms with van der Waals surface area (Å²) < 4.78 is 29.1. The molecule has 4 N–H and O–H groups in total. The number of nitrogens with zero attached hydrogens (tertiary/aromatic N) is 2. The van der Waals surface area contributed by atoms with Crippen LogP contribution in [0.5, 0.6) is 0 Å². The molecule has 0 unspecified atom stereocenters. The van der Waals surface area contributed by atoms with Crippen LogP contribution in [0.1, 0.15) is 83.0 Å². The zero-order chi connectivity index (χ0) is 50.7. The van der Waals surface area contributed by atoms with Crippen molar-refractivity contribution in [3.8, 4) is 34.6 Å². The van der Waals surface area contributed by atoms with Crippen molar-refractivity contribution in [3.05, 3.63) is 135 Å². The van der Waals surface area contributed by atoms with Gasteiger partial charge in [0.25, 0.3) is 5.91 Å². The van der Waals surface area contributed by atoms with E-state index in [4.69, 9.17) is 28.7 Å². The van der Waals surface area contributed by atoms with Crippen LogP contribution in [0.4, 0.5) is 4.79 Å². The first-order valence-corrected chi connectivity index (χ1v) is 23.7. The number of carbonyl (C=O) groups excluding carboxylic acids is 3. The number of allylic oxidation sites excluding steroid dienone is 2. The Morgan fingerprint density at radius 2 is 1.39 bits per heavy atom. The molecule has 0 saturated heterocycles. The molecule has 15 nitrogen and oxygen atoms in total. The number of hydrogen-bond acceptors (Lipinski definition) is 10. The van der Waals surface area contributed by atoms with Crippen LogP contribution in [0.3, 0.4) is 0 Å². The maximum Gasteiger partial charge on any atom is 0.433 e. The number of ether oxygens (including phenoxy) is 5. The average Bonchev–Trinajstić information content (AvgIpc) is 3.98. The standard InChI is InChI=1S/C55H62BN5O10/c1-37-33-39(3)59-51(37)50(52-38(2)34-40(4)61(52)56(24-13-27-69-31-29-67-5)25-14-28-70-32-30-68-6)41-20-22-42(23-21-41)53(63)58-35-49(62)57-26-12-11-19-48(54(64)65)60-55(66)71-36-47-45-17-9-7-15-43(45)44-16-8-10-18-46(44)47/h7-10,15-18,20-23,33-34,47-48H,11-12,19,26-32,35-36H2,1-6H3,(H,57,62)(H,58,63)(H,60,66)(H,64,65)/b51-50-/t48-/m0/s1. The maximum absolute atomic E-state index is 13.3. The first-order chi connectivity index (χ1) is 34.4. The Balaban J connectivity index is 1.04. The molecule has 1 aliphatic carbocycles. The fourth-order valence-electron chi connectivity index (χ4n) is 8.61. The Kier molecular flexibility index (Phi) is 20.0. The lowest BCUT2D eigenvalue weighted by Gasteiger charge is -2.19. The number of hydrogen-bond donors (Lipinski definition) is 4. The third-order valence-corrected chi connectivity index (χ3v) is 11.9. The van der Waals surface area contributed by atoms with Gasteiger partial charge in [-0.05, 0) is 110 Å². The third kappa shape index (κ3) is 14.4. The second-order valence-electron chi connectivity index (χ2n) is 17.1. The summed E-state index contributed by atoms with van der Waals surface area (Å²) in [5, 5.41) is 17.8. The van der Waals surface area contributed by atoms with E-state index in [-0.39, 0.29) is 45.2 Å². The van der Waals surface area contributed by atoms with Gasteiger partial charge in [-0.3, -0.25) is 14.6 Å². The SMILES string of the molecule is COCCOCC#CB(C#CCOCCOC)n1c(C)cc(C)c1/C(=C1\N=C(C)C=C1C)c1ccc(C(=O)NCC(=O)NCCCC[C@H](NC(=O)OCC2c3ccccc3-c3ccccc32)C(=O)O)cc1. The van der Waals surface area contributed by atoms with Gasteiger partial charge in [-0.1, -0.05) is 72.5 Å². The molecule has 1 aromatic heterocycles. The monoisotopic (exact) mass is 963 g/mol. The molecule has 0 spiro atoms. The zero-order valence-corrected chi connectivity index (χ0v) is 41.3. The summed E-state index contributed by atoms with van der Waals surface area (Å²) in [6, 6.07) is 24.0. The molecule has 16 heteroatoms. The number of nitrogens with one attached hydrogen (secondary N) is 3. The van der Waals surface area contributed by atoms with Crippen LogP contribution in [0.15, 0.2) is 101 Å². The molecule has 3 amide bonds. The summed E-state index contributed by atoms with van der Waals surface area (Å²) in [4.78, 5) is 55.9. The number of methoxy groups -OCH3 is 2. The molecule has 1 atom stereocenters. The molecule has 6 rings (SSSR count). The number of rotatable bonds is 23. The molecule has 0 saturated carbocycles. The van der Waals surface area contributed by atoms with E-state index in [2.05, 4.69) is 50.0 Å². The van der Waals surface area contributed by atoms with E-state index < -0.39 is 36.8 Å². The summed E-state index contributed by atoms with van der Waals surface area (Å²) in [5.74, 6) is 10.7. The number of amides is 3. The average molecular weight is 964 g/mol. The van der Waals surface area contributed by atoms with Crippen molar-refractivity contribution < 1.29 is 48.0 Å². The van der Waals surface area contributed by atoms with Gasteiger partial charge in [0, 0.05) is 54.9 Å². The van der Waals surface area contributed by atoms with E-state index in [1.165, 1.54) is 0 Å². The molecular weight excluding hydrogens is 901 g/mol. The molecule has 3 aromatic carbocycles. The predicted octanol–water partition coefficient (Wildman–Crippen LogP) is 6.54. The Hall–Kier alpha value is -7.21. The topological polar surface area (TPSA) is 188 Å². The second kappa shape index (κ2) is 26.7. The molecule has 0 bridgehead atoms. The van der Waals surface area contributed by atoms with Crippen LogP contribution < -0.4 is 16.0 Å². The number of aryl methyl sites for hydroxylation is 2. The molecular formula is C55H62BN5O10. The van der Waals surface area contributed by atoms with E-state index in [0.29, 0.717) is 44.8 Å². The predicted molar refractivity (Wildman–Crippen MR) is 274 cm³/mol. The number of alkyl carbamates (subject to hydrolysis) is 1. The van der Waals surface area contributed by atoms with E-state index in [1.54, 1.807) is 26.4 Å². The molecule has 71 heavy (non-hydrogen) atoms. The molecule has 1 aliphatic heterocycles. The Morgan fingerprint density at radius 3 is 1.97 bits per heavy atom. The zero-order valence-electron chi connectivity index (χ0n) is 41.3. The lowest BCUT2D eigenvalue weighted by atomic mass is 9.63. The largest absolute Gasteiger partial charge is 0.480 e. The van der Waals surface area contributed by atoms with E-state index in [0.717, 1.165) is 67.3 Å². The van der Waals surface area contributed by atoms with Gasteiger partial charge in [0.15, 0.2) is 0 Å². The normalized spacial score (nSPS) is 13.5. The molecule has 370 valence electrons. The van der Waals surface area contributed by atoms with Gasteiger partial charge >= 0.3 is 18.9 Å². The summed E-state index contributed by atoms with van der Waals surface area (Å²) in [5.41, 5.74) is 11.7. The van der Waals surface area contributed by atoms with Crippen molar-refractivity contribution >= 4 is 42.0 Å². The number of unbranched alkanes of at least 4 members (excludes halogenated alkanes) is 1. The number of aromatic nitrogens is 1. The van der Waals surface area contributed by atoms with Gasteiger partial charge < -0.3 is 49.2 Å². The summed E-state index contributed by atoms with van der Waals surface area (Å²) in [6.45, 7) is 9.64. The van der Waals surface area contributed by atoms with Gasteiger partial charge in [0.2, 0.25) is 5.91 Å². The highest BCUT2D eigenvalue weighted by Crippen LogP contribution is 2.44. The van der Waals surface area contributed by atoms with Crippen molar-refractivity contribution in [2.45, 2.75) is 58.9 Å².